The molecular formula is C22H18Cl4FNO2. The van der Waals surface area contributed by atoms with Crippen molar-refractivity contribution in [3.8, 4) is 11.5 Å². The molecule has 3 aromatic carbocycles. The van der Waals surface area contributed by atoms with Crippen molar-refractivity contribution in [1.29, 1.82) is 0 Å². The van der Waals surface area contributed by atoms with E-state index in [1.807, 2.05) is 13.0 Å². The first-order chi connectivity index (χ1) is 14.4. The number of benzene rings is 3. The molecule has 0 fully saturated rings. The molecule has 3 aromatic rings. The first-order valence-electron chi connectivity index (χ1n) is 9.07. The van der Waals surface area contributed by atoms with Crippen LogP contribution in [0.25, 0.3) is 0 Å². The molecular weight excluding hydrogens is 471 g/mol. The fourth-order valence-corrected chi connectivity index (χ4v) is 3.81. The van der Waals surface area contributed by atoms with Gasteiger partial charge in [0.05, 0.1) is 16.7 Å². The molecule has 3 rings (SSSR count). The Morgan fingerprint density at radius 3 is 2.27 bits per heavy atom. The summed E-state index contributed by atoms with van der Waals surface area (Å²) in [6, 6.07) is 13.0. The third kappa shape index (κ3) is 6.08. The van der Waals surface area contributed by atoms with Gasteiger partial charge in [-0.05, 0) is 55.0 Å². The van der Waals surface area contributed by atoms with Crippen molar-refractivity contribution in [2.45, 2.75) is 20.1 Å². The summed E-state index contributed by atoms with van der Waals surface area (Å²) in [6.45, 7) is 2.90. The van der Waals surface area contributed by atoms with Gasteiger partial charge >= 0.3 is 0 Å². The molecule has 0 aliphatic heterocycles. The van der Waals surface area contributed by atoms with E-state index in [1.165, 1.54) is 12.1 Å². The van der Waals surface area contributed by atoms with Gasteiger partial charge in [0.1, 0.15) is 12.4 Å². The number of hydrogen-bond acceptors (Lipinski definition) is 3. The van der Waals surface area contributed by atoms with E-state index in [0.29, 0.717) is 45.3 Å². The van der Waals surface area contributed by atoms with Gasteiger partial charge in [-0.3, -0.25) is 0 Å². The lowest BCUT2D eigenvalue weighted by Gasteiger charge is -2.16. The van der Waals surface area contributed by atoms with Gasteiger partial charge in [-0.2, -0.15) is 0 Å². The highest BCUT2D eigenvalue weighted by atomic mass is 35.5. The van der Waals surface area contributed by atoms with Gasteiger partial charge in [-0.15, -0.1) is 0 Å². The maximum atomic E-state index is 13.2. The number of halogens is 5. The summed E-state index contributed by atoms with van der Waals surface area (Å²) < 4.78 is 24.8. The molecule has 0 heterocycles. The standard InChI is InChI=1S/C22H18Cl4FNO2/c1-2-29-21-6-13(11-28-18-8-15(23)7-16(24)9-18)5-20(26)22(21)30-12-14-3-4-17(27)10-19(14)25/h3-10,28H,2,11-12H2,1H3. The quantitative estimate of drug-likeness (QED) is 0.348. The van der Waals surface area contributed by atoms with Crippen molar-refractivity contribution in [3.63, 3.8) is 0 Å². The summed E-state index contributed by atoms with van der Waals surface area (Å²) >= 11 is 24.6. The van der Waals surface area contributed by atoms with E-state index >= 15 is 0 Å². The fourth-order valence-electron chi connectivity index (χ4n) is 2.78. The Kier molecular flexibility index (Phi) is 7.95. The van der Waals surface area contributed by atoms with Crippen molar-refractivity contribution in [2.75, 3.05) is 11.9 Å². The van der Waals surface area contributed by atoms with Gasteiger partial charge in [0.2, 0.25) is 0 Å². The highest BCUT2D eigenvalue weighted by Gasteiger charge is 2.14. The maximum Gasteiger partial charge on any atom is 0.180 e. The number of rotatable bonds is 8. The van der Waals surface area contributed by atoms with Crippen molar-refractivity contribution >= 4 is 52.1 Å². The predicted octanol–water partition coefficient (Wildman–Crippen LogP) is 8.03. The molecule has 3 nitrogen and oxygen atoms in total. The van der Waals surface area contributed by atoms with Crippen LogP contribution in [0.2, 0.25) is 20.1 Å². The molecule has 8 heteroatoms. The Morgan fingerprint density at radius 1 is 0.867 bits per heavy atom. The van der Waals surface area contributed by atoms with Crippen LogP contribution in [-0.2, 0) is 13.2 Å². The van der Waals surface area contributed by atoms with Gasteiger partial charge < -0.3 is 14.8 Å². The Labute approximate surface area is 194 Å². The summed E-state index contributed by atoms with van der Waals surface area (Å²) in [5.74, 6) is 0.493. The van der Waals surface area contributed by atoms with Gasteiger partial charge in [0.15, 0.2) is 11.5 Å². The molecule has 0 bridgehead atoms. The lowest BCUT2D eigenvalue weighted by molar-refractivity contribution is 0.269. The second kappa shape index (κ2) is 10.5. The van der Waals surface area contributed by atoms with E-state index in [-0.39, 0.29) is 11.6 Å². The molecule has 0 saturated heterocycles. The van der Waals surface area contributed by atoms with E-state index in [0.717, 1.165) is 11.3 Å². The zero-order chi connectivity index (χ0) is 21.7. The Hall–Kier alpha value is -1.85. The molecule has 0 atom stereocenters. The molecule has 0 amide bonds. The van der Waals surface area contributed by atoms with Crippen LogP contribution in [0.3, 0.4) is 0 Å². The summed E-state index contributed by atoms with van der Waals surface area (Å²) in [5.41, 5.74) is 2.31. The maximum absolute atomic E-state index is 13.2. The molecule has 0 aliphatic carbocycles. The van der Waals surface area contributed by atoms with Crippen molar-refractivity contribution in [1.82, 2.24) is 0 Å². The van der Waals surface area contributed by atoms with Gasteiger partial charge in [-0.1, -0.05) is 52.5 Å². The number of nitrogens with one attached hydrogen (secondary N) is 1. The molecule has 0 saturated carbocycles. The summed E-state index contributed by atoms with van der Waals surface area (Å²) in [6.07, 6.45) is 0. The molecule has 30 heavy (non-hydrogen) atoms. The minimum atomic E-state index is -0.408. The number of hydrogen-bond donors (Lipinski definition) is 1. The van der Waals surface area contributed by atoms with E-state index in [2.05, 4.69) is 5.32 Å². The summed E-state index contributed by atoms with van der Waals surface area (Å²) in [5, 5.41) is 5.01. The predicted molar refractivity (Wildman–Crippen MR) is 122 cm³/mol. The normalized spacial score (nSPS) is 10.7. The summed E-state index contributed by atoms with van der Waals surface area (Å²) in [4.78, 5) is 0. The molecule has 0 aliphatic rings. The SMILES string of the molecule is CCOc1cc(CNc2cc(Cl)cc(Cl)c2)cc(Cl)c1OCc1ccc(F)cc1Cl. The summed E-state index contributed by atoms with van der Waals surface area (Å²) in [7, 11) is 0. The zero-order valence-corrected chi connectivity index (χ0v) is 19.0. The molecule has 0 unspecified atom stereocenters. The van der Waals surface area contributed by atoms with E-state index < -0.39 is 5.82 Å². The fraction of sp³-hybridized carbons (Fsp3) is 0.182. The third-order valence-electron chi connectivity index (χ3n) is 4.12. The second-order valence-corrected chi connectivity index (χ2v) is 8.06. The van der Waals surface area contributed by atoms with E-state index in [9.17, 15) is 4.39 Å². The largest absolute Gasteiger partial charge is 0.490 e. The Balaban J connectivity index is 1.77. The van der Waals surface area contributed by atoms with E-state index in [4.69, 9.17) is 55.9 Å². The highest BCUT2D eigenvalue weighted by molar-refractivity contribution is 6.35. The van der Waals surface area contributed by atoms with Crippen LogP contribution in [-0.4, -0.2) is 6.61 Å². The lowest BCUT2D eigenvalue weighted by atomic mass is 10.2. The minimum Gasteiger partial charge on any atom is -0.490 e. The molecule has 0 radical (unpaired) electrons. The number of anilines is 1. The first-order valence-corrected chi connectivity index (χ1v) is 10.6. The van der Waals surface area contributed by atoms with Crippen LogP contribution in [0, 0.1) is 5.82 Å². The minimum absolute atomic E-state index is 0.123. The number of ether oxygens (including phenoxy) is 2. The Bertz CT molecular complexity index is 1030. The average molecular weight is 489 g/mol. The van der Waals surface area contributed by atoms with Crippen LogP contribution in [0.15, 0.2) is 48.5 Å². The van der Waals surface area contributed by atoms with Gasteiger partial charge in [0.25, 0.3) is 0 Å². The van der Waals surface area contributed by atoms with Crippen LogP contribution in [0.1, 0.15) is 18.1 Å². The average Bonchev–Trinajstić information content (AvgIpc) is 2.66. The van der Waals surface area contributed by atoms with E-state index in [1.54, 1.807) is 30.3 Å². The monoisotopic (exact) mass is 487 g/mol. The van der Waals surface area contributed by atoms with Crippen molar-refractivity contribution < 1.29 is 13.9 Å². The van der Waals surface area contributed by atoms with Gasteiger partial charge in [0, 0.05) is 27.8 Å². The molecule has 0 spiro atoms. The molecule has 0 aromatic heterocycles. The second-order valence-electron chi connectivity index (χ2n) is 6.37. The lowest BCUT2D eigenvalue weighted by Crippen LogP contribution is -2.04. The van der Waals surface area contributed by atoms with Crippen LogP contribution in [0.5, 0.6) is 11.5 Å². The van der Waals surface area contributed by atoms with Crippen LogP contribution < -0.4 is 14.8 Å². The smallest absolute Gasteiger partial charge is 0.180 e. The highest BCUT2D eigenvalue weighted by Crippen LogP contribution is 2.38. The third-order valence-corrected chi connectivity index (χ3v) is 5.18. The van der Waals surface area contributed by atoms with Crippen LogP contribution in [0.4, 0.5) is 10.1 Å². The van der Waals surface area contributed by atoms with Crippen LogP contribution >= 0.6 is 46.4 Å². The molecule has 158 valence electrons. The van der Waals surface area contributed by atoms with Crippen molar-refractivity contribution in [2.24, 2.45) is 0 Å². The first kappa shape index (κ1) is 22.8. The van der Waals surface area contributed by atoms with Gasteiger partial charge in [-0.25, -0.2) is 4.39 Å². The molecule has 1 N–H and O–H groups in total. The zero-order valence-electron chi connectivity index (χ0n) is 15.9. The van der Waals surface area contributed by atoms with Crippen molar-refractivity contribution in [3.05, 3.63) is 85.6 Å². The Morgan fingerprint density at radius 2 is 1.60 bits per heavy atom. The topological polar surface area (TPSA) is 30.5 Å².